The van der Waals surface area contributed by atoms with Crippen LogP contribution in [0.5, 0.6) is 0 Å². The van der Waals surface area contributed by atoms with Crippen molar-refractivity contribution < 1.29 is 58.5 Å². The average molecular weight is 983 g/mol. The topological polar surface area (TPSA) is 494 Å². The number of carboxylic acid groups (broad SMARTS) is 1. The maximum atomic E-state index is 13.9. The third-order valence-electron chi connectivity index (χ3n) is 10.5. The summed E-state index contributed by atoms with van der Waals surface area (Å²) in [6, 6.07) is -7.80. The van der Waals surface area contributed by atoms with Gasteiger partial charge in [0.1, 0.15) is 41.6 Å². The van der Waals surface area contributed by atoms with Gasteiger partial charge in [-0.1, -0.05) is 12.5 Å². The second kappa shape index (κ2) is 33.3. The Morgan fingerprint density at radius 1 is 0.797 bits per heavy atom. The van der Waals surface area contributed by atoms with Gasteiger partial charge in [-0.3, -0.25) is 43.8 Å². The number of aliphatic imine (C=N–C) groups is 1. The van der Waals surface area contributed by atoms with Crippen LogP contribution in [-0.2, 0) is 43.2 Å². The lowest BCUT2D eigenvalue weighted by molar-refractivity contribution is -0.137. The van der Waals surface area contributed by atoms with E-state index < -0.39 is 121 Å². The van der Waals surface area contributed by atoms with E-state index in [0.29, 0.717) is 38.6 Å². The molecular formula is C41H74N16O12. The van der Waals surface area contributed by atoms with Gasteiger partial charge < -0.3 is 91.8 Å². The van der Waals surface area contributed by atoms with Crippen molar-refractivity contribution in [2.24, 2.45) is 39.4 Å². The maximum Gasteiger partial charge on any atom is 0.352 e. The molecule has 1 aliphatic heterocycles. The van der Waals surface area contributed by atoms with E-state index in [1.807, 2.05) is 0 Å². The molecule has 28 nitrogen and oxygen atoms in total. The average Bonchev–Trinajstić information content (AvgIpc) is 3.81. The number of carbonyl (C=O) groups excluding carboxylic acids is 8. The first kappa shape index (κ1) is 60.8. The van der Waals surface area contributed by atoms with Crippen molar-refractivity contribution in [1.29, 1.82) is 5.41 Å². The largest absolute Gasteiger partial charge is 0.477 e. The number of nitrogens with one attached hydrogen (secondary N) is 8. The number of nitrogens with two attached hydrogens (primary N) is 6. The number of likely N-dealkylation sites (tertiary alicyclic amines) is 1. The number of aliphatic carboxylic acids is 1. The molecule has 28 heteroatoms. The van der Waals surface area contributed by atoms with Gasteiger partial charge in [-0.25, -0.2) is 9.79 Å². The van der Waals surface area contributed by atoms with Crippen LogP contribution in [0.4, 0.5) is 0 Å². The first-order chi connectivity index (χ1) is 32.8. The highest BCUT2D eigenvalue weighted by atomic mass is 16.4. The van der Waals surface area contributed by atoms with Crippen LogP contribution in [0.25, 0.3) is 0 Å². The van der Waals surface area contributed by atoms with Crippen LogP contribution in [0.15, 0.2) is 16.8 Å². The summed E-state index contributed by atoms with van der Waals surface area (Å²) in [6.45, 7) is 0.413. The third-order valence-corrected chi connectivity index (χ3v) is 10.5. The molecule has 0 aromatic rings. The van der Waals surface area contributed by atoms with Crippen LogP contribution in [0, 0.1) is 5.41 Å². The lowest BCUT2D eigenvalue weighted by Gasteiger charge is -2.27. The predicted molar refractivity (Wildman–Crippen MR) is 251 cm³/mol. The number of aliphatic hydroxyl groups excluding tert-OH is 2. The van der Waals surface area contributed by atoms with Crippen molar-refractivity contribution in [2.75, 3.05) is 52.4 Å². The van der Waals surface area contributed by atoms with Gasteiger partial charge >= 0.3 is 5.97 Å². The Morgan fingerprint density at radius 3 is 2.03 bits per heavy atom. The van der Waals surface area contributed by atoms with Crippen LogP contribution < -0.4 is 71.6 Å². The van der Waals surface area contributed by atoms with Gasteiger partial charge in [0, 0.05) is 26.2 Å². The van der Waals surface area contributed by atoms with Crippen molar-refractivity contribution in [1.82, 2.24) is 42.1 Å². The number of hydrogen-bond donors (Lipinski definition) is 17. The molecule has 8 amide bonds. The van der Waals surface area contributed by atoms with E-state index in [2.05, 4.69) is 42.2 Å². The van der Waals surface area contributed by atoms with Crippen molar-refractivity contribution in [3.63, 3.8) is 0 Å². The molecule has 0 saturated carbocycles. The summed E-state index contributed by atoms with van der Waals surface area (Å²) in [5, 5.41) is 53.9. The van der Waals surface area contributed by atoms with Gasteiger partial charge in [0.2, 0.25) is 35.4 Å². The summed E-state index contributed by atoms with van der Waals surface area (Å²) in [5.41, 5.74) is 32.7. The fraction of sp³-hybridized carbons (Fsp3) is 0.683. The van der Waals surface area contributed by atoms with Crippen molar-refractivity contribution in [2.45, 2.75) is 126 Å². The fourth-order valence-electron chi connectivity index (χ4n) is 6.71. The number of aliphatic hydroxyl groups is 2. The summed E-state index contributed by atoms with van der Waals surface area (Å²) < 4.78 is 0. The molecule has 390 valence electrons. The Morgan fingerprint density at radius 2 is 1.43 bits per heavy atom. The number of guanidine groups is 1. The highest BCUT2D eigenvalue weighted by Crippen LogP contribution is 2.20. The Balaban J connectivity index is 3.13. The molecule has 0 radical (unpaired) electrons. The first-order valence-corrected chi connectivity index (χ1v) is 22.8. The number of rotatable bonds is 33. The minimum absolute atomic E-state index is 0.0233. The molecule has 0 aliphatic carbocycles. The number of amides is 8. The van der Waals surface area contributed by atoms with Crippen LogP contribution in [0.1, 0.15) is 84.0 Å². The molecule has 0 unspecified atom stereocenters. The van der Waals surface area contributed by atoms with Crippen molar-refractivity contribution in [3.8, 4) is 0 Å². The van der Waals surface area contributed by atoms with E-state index in [-0.39, 0.29) is 82.8 Å². The van der Waals surface area contributed by atoms with Gasteiger partial charge in [-0.05, 0) is 97.2 Å². The Bertz CT molecular complexity index is 1820. The number of nitrogens with zero attached hydrogens (tertiary/aromatic N) is 2. The lowest BCUT2D eigenvalue weighted by atomic mass is 10.1. The monoisotopic (exact) mass is 983 g/mol. The van der Waals surface area contributed by atoms with E-state index >= 15 is 0 Å². The Kier molecular flexibility index (Phi) is 29.4. The highest BCUT2D eigenvalue weighted by Gasteiger charge is 2.38. The van der Waals surface area contributed by atoms with Crippen molar-refractivity contribution in [3.05, 3.63) is 11.8 Å². The quantitative estimate of drug-likeness (QED) is 0.0126. The number of carbonyl (C=O) groups is 9. The van der Waals surface area contributed by atoms with Gasteiger partial charge in [0.15, 0.2) is 5.96 Å². The minimum Gasteiger partial charge on any atom is -0.477 e. The standard InChI is InChI=1S/C41H74N16O12/c1-23(51-38(66)32(30(59)21-45)56-34(62)24(46)9-2-4-15-42)33(61)50-22-31(60)52-27(11-6-17-44)39(67)57-19-8-13-29(57)37(65)54-26(14-20-58)36(64)53-25(10-3-5-16-43)35(63)55-28(40(68)69)12-7-18-49-41(47)48/h12,23-26,29-30,32,58-59H,2-11,13-22,42-46H2,1H3,(H,50,61)(H,51,66)(H,53,64)(H,54,65)(H,55,63)(H,56,62)(H,68,69)(H4,47,48,49)/b28-12-,52-27+/t23-,24-,25-,26-,29-,30-,32-/m0/s1. The molecule has 23 N–H and O–H groups in total. The van der Waals surface area contributed by atoms with Crippen LogP contribution in [-0.4, -0.2) is 180 Å². The Hall–Kier alpha value is -6.17. The molecule has 0 bridgehead atoms. The molecule has 1 rings (SSSR count). The van der Waals surface area contributed by atoms with Gasteiger partial charge in [-0.2, -0.15) is 0 Å². The smallest absolute Gasteiger partial charge is 0.352 e. The normalized spacial score (nSPS) is 16.4. The van der Waals surface area contributed by atoms with Crippen LogP contribution in [0.2, 0.25) is 0 Å². The summed E-state index contributed by atoms with van der Waals surface area (Å²) >= 11 is 0. The summed E-state index contributed by atoms with van der Waals surface area (Å²) in [5.74, 6) is -8.74. The second-order valence-corrected chi connectivity index (χ2v) is 16.1. The van der Waals surface area contributed by atoms with E-state index in [0.717, 1.165) is 4.90 Å². The SMILES string of the molecule is C[C@H](NC(=O)[C@@H](NC(=O)[C@@H](N)CCCCN)[C@@H](O)CN)C(=O)NCC(=O)/N=C(\CCCN)C(=O)N1CCC[C@H]1C(=O)N[C@@H](CCO)C(=O)N[C@@H](CCCCN)C(=O)N/C(=C\CCNC(=N)N)C(=O)O. The molecular weight excluding hydrogens is 909 g/mol. The zero-order valence-electron chi connectivity index (χ0n) is 39.1. The molecule has 0 aromatic heterocycles. The first-order valence-electron chi connectivity index (χ1n) is 22.8. The number of unbranched alkanes of at least 4 members (excludes halogenated alkanes) is 2. The lowest BCUT2D eigenvalue weighted by Crippen LogP contribution is -2.60. The van der Waals surface area contributed by atoms with Crippen molar-refractivity contribution >= 4 is 64.9 Å². The van der Waals surface area contributed by atoms with Gasteiger partial charge in [0.05, 0.1) is 18.7 Å². The zero-order valence-corrected chi connectivity index (χ0v) is 39.1. The van der Waals surface area contributed by atoms with E-state index in [4.69, 9.17) is 39.8 Å². The number of hydrogen-bond acceptors (Lipinski definition) is 17. The van der Waals surface area contributed by atoms with Crippen LogP contribution in [0.3, 0.4) is 0 Å². The molecule has 1 heterocycles. The number of carboxylic acids is 1. The summed E-state index contributed by atoms with van der Waals surface area (Å²) in [6.07, 6.45) is 2.20. The molecule has 1 saturated heterocycles. The zero-order chi connectivity index (χ0) is 52.1. The second-order valence-electron chi connectivity index (χ2n) is 16.1. The van der Waals surface area contributed by atoms with E-state index in [1.165, 1.54) is 13.0 Å². The Labute approximate surface area is 400 Å². The predicted octanol–water partition coefficient (Wildman–Crippen LogP) is -7.00. The molecule has 0 aromatic carbocycles. The van der Waals surface area contributed by atoms with E-state index in [9.17, 15) is 58.5 Å². The summed E-state index contributed by atoms with van der Waals surface area (Å²) in [7, 11) is 0. The highest BCUT2D eigenvalue weighted by molar-refractivity contribution is 6.40. The van der Waals surface area contributed by atoms with Gasteiger partial charge in [0.25, 0.3) is 11.8 Å². The molecule has 1 fully saturated rings. The molecule has 1 aliphatic rings. The molecule has 0 spiro atoms. The summed E-state index contributed by atoms with van der Waals surface area (Å²) in [4.78, 5) is 123. The maximum absolute atomic E-state index is 13.9. The van der Waals surface area contributed by atoms with Crippen LogP contribution >= 0.6 is 0 Å². The van der Waals surface area contributed by atoms with Gasteiger partial charge in [-0.15, -0.1) is 0 Å². The fourth-order valence-corrected chi connectivity index (χ4v) is 6.71. The minimum atomic E-state index is -1.57. The third kappa shape index (κ3) is 22.7. The molecule has 7 atom stereocenters. The molecule has 69 heavy (non-hydrogen) atoms. The van der Waals surface area contributed by atoms with E-state index in [1.54, 1.807) is 0 Å².